The standard InChI is InChI=1S/C12H12O2.2BrH.5ClH/c1-2-6-10-9(5-1)13-11-7-3-4-8-12(11)14-10;;;;;;;/h1-12H;7*1H/p-7. The van der Waals surface area contributed by atoms with Gasteiger partial charge in [-0.1, -0.05) is 48.6 Å². The summed E-state index contributed by atoms with van der Waals surface area (Å²) in [4.78, 5) is 0. The highest BCUT2D eigenvalue weighted by Crippen LogP contribution is 2.27. The van der Waals surface area contributed by atoms with Gasteiger partial charge in [0.25, 0.3) is 0 Å². The summed E-state index contributed by atoms with van der Waals surface area (Å²) in [5.41, 5.74) is 0. The first-order valence-corrected chi connectivity index (χ1v) is 4.94. The summed E-state index contributed by atoms with van der Waals surface area (Å²) in [6.45, 7) is 0. The van der Waals surface area contributed by atoms with Crippen molar-refractivity contribution >= 4 is 0 Å². The van der Waals surface area contributed by atoms with Crippen LogP contribution in [0, 0.1) is 0 Å². The number of hydrogen-bond acceptors (Lipinski definition) is 2. The maximum atomic E-state index is 5.89. The Labute approximate surface area is 177 Å². The highest BCUT2D eigenvalue weighted by Gasteiger charge is 2.35. The van der Waals surface area contributed by atoms with Crippen LogP contribution in [0.3, 0.4) is 0 Å². The predicted octanol–water partition coefficient (Wildman–Crippen LogP) is -19.2. The molecule has 1 saturated heterocycles. The SMILES string of the molecule is C1=CC2OC3C=CC=CC3OC2C=C1.[Br-].[Br-].[Cl-].[Cl-].[Cl-].[Cl-].[Cl-]. The Bertz CT molecular complexity index is 298. The van der Waals surface area contributed by atoms with Crippen LogP contribution < -0.4 is 96.0 Å². The largest absolute Gasteiger partial charge is 1.00 e. The van der Waals surface area contributed by atoms with Crippen molar-refractivity contribution in [3.63, 3.8) is 0 Å². The van der Waals surface area contributed by atoms with Crippen LogP contribution in [0.15, 0.2) is 48.6 Å². The van der Waals surface area contributed by atoms with E-state index < -0.39 is 0 Å². The second-order valence-corrected chi connectivity index (χ2v) is 3.67. The minimum atomic E-state index is 0. The van der Waals surface area contributed by atoms with E-state index >= 15 is 0 Å². The maximum Gasteiger partial charge on any atom is 0.107 e. The molecule has 21 heavy (non-hydrogen) atoms. The Morgan fingerprint density at radius 1 is 0.429 bits per heavy atom. The number of hydrogen-bond donors (Lipinski definition) is 0. The molecule has 0 N–H and O–H groups in total. The molecule has 0 amide bonds. The Balaban J connectivity index is -0.000000122. The van der Waals surface area contributed by atoms with Crippen molar-refractivity contribution in [2.75, 3.05) is 0 Å². The average Bonchev–Trinajstić information content (AvgIpc) is 2.26. The van der Waals surface area contributed by atoms with Crippen LogP contribution in [-0.2, 0) is 9.47 Å². The summed E-state index contributed by atoms with van der Waals surface area (Å²) < 4.78 is 11.8. The summed E-state index contributed by atoms with van der Waals surface area (Å²) in [6.07, 6.45) is 16.5. The van der Waals surface area contributed by atoms with Crippen molar-refractivity contribution in [1.82, 2.24) is 0 Å². The first-order valence-electron chi connectivity index (χ1n) is 4.94. The van der Waals surface area contributed by atoms with Crippen LogP contribution in [0.5, 0.6) is 0 Å². The third-order valence-electron chi connectivity index (χ3n) is 2.70. The van der Waals surface area contributed by atoms with Gasteiger partial charge < -0.3 is 105 Å². The fourth-order valence-corrected chi connectivity index (χ4v) is 1.99. The van der Waals surface area contributed by atoms with E-state index in [0.29, 0.717) is 0 Å². The minimum absolute atomic E-state index is 0. The molecule has 0 radical (unpaired) electrons. The van der Waals surface area contributed by atoms with Crippen molar-refractivity contribution in [3.05, 3.63) is 48.6 Å². The van der Waals surface area contributed by atoms with E-state index in [9.17, 15) is 0 Å². The highest BCUT2D eigenvalue weighted by molar-refractivity contribution is 5.23. The van der Waals surface area contributed by atoms with Crippen LogP contribution in [0.2, 0.25) is 0 Å². The van der Waals surface area contributed by atoms with E-state index in [1.54, 1.807) is 0 Å². The molecule has 1 fully saturated rings. The number of ether oxygens (including phenoxy) is 2. The summed E-state index contributed by atoms with van der Waals surface area (Å²) in [5.74, 6) is 0. The lowest BCUT2D eigenvalue weighted by Gasteiger charge is -2.39. The maximum absolute atomic E-state index is 5.89. The van der Waals surface area contributed by atoms with Crippen LogP contribution in [0.1, 0.15) is 0 Å². The molecular formula is C12H12Br2Cl5O2-7. The zero-order valence-corrected chi connectivity index (χ0v) is 17.3. The normalized spacial score (nSPS) is 29.0. The zero-order valence-electron chi connectivity index (χ0n) is 10.4. The third kappa shape index (κ3) is 8.09. The summed E-state index contributed by atoms with van der Waals surface area (Å²) in [5, 5.41) is 0. The van der Waals surface area contributed by atoms with Crippen molar-refractivity contribution in [3.8, 4) is 0 Å². The monoisotopic (exact) mass is 521 g/mol. The Morgan fingerprint density at radius 2 is 0.619 bits per heavy atom. The van der Waals surface area contributed by atoms with Gasteiger partial charge in [0.2, 0.25) is 0 Å². The molecule has 9 heteroatoms. The lowest BCUT2D eigenvalue weighted by atomic mass is 10.0. The fraction of sp³-hybridized carbons (Fsp3) is 0.333. The fourth-order valence-electron chi connectivity index (χ4n) is 1.99. The van der Waals surface area contributed by atoms with Crippen molar-refractivity contribution in [1.29, 1.82) is 0 Å². The van der Waals surface area contributed by atoms with E-state index in [4.69, 9.17) is 9.47 Å². The minimum Gasteiger partial charge on any atom is -1.00 e. The summed E-state index contributed by atoms with van der Waals surface area (Å²) in [6, 6.07) is 0. The Hall–Kier alpha value is 1.29. The zero-order chi connectivity index (χ0) is 9.38. The van der Waals surface area contributed by atoms with Crippen LogP contribution >= 0.6 is 0 Å². The van der Waals surface area contributed by atoms with Gasteiger partial charge in [0.15, 0.2) is 0 Å². The second-order valence-electron chi connectivity index (χ2n) is 3.67. The van der Waals surface area contributed by atoms with Crippen molar-refractivity contribution in [2.45, 2.75) is 24.4 Å². The smallest absolute Gasteiger partial charge is 0.107 e. The van der Waals surface area contributed by atoms with Crippen molar-refractivity contribution in [2.24, 2.45) is 0 Å². The van der Waals surface area contributed by atoms with Gasteiger partial charge in [0, 0.05) is 0 Å². The molecule has 0 saturated carbocycles. The highest BCUT2D eigenvalue weighted by atomic mass is 79.9. The number of rotatable bonds is 0. The van der Waals surface area contributed by atoms with E-state index in [1.165, 1.54) is 0 Å². The van der Waals surface area contributed by atoms with Crippen LogP contribution in [0.25, 0.3) is 0 Å². The molecule has 1 aliphatic heterocycles. The van der Waals surface area contributed by atoms with Gasteiger partial charge in [0.1, 0.15) is 24.4 Å². The molecule has 128 valence electrons. The van der Waals surface area contributed by atoms with E-state index in [-0.39, 0.29) is 120 Å². The molecule has 4 atom stereocenters. The van der Waals surface area contributed by atoms with Crippen LogP contribution in [0.4, 0.5) is 0 Å². The molecule has 4 unspecified atom stereocenters. The van der Waals surface area contributed by atoms with Gasteiger partial charge in [-0.05, 0) is 0 Å². The average molecular weight is 525 g/mol. The molecule has 3 rings (SSSR count). The quantitative estimate of drug-likeness (QED) is 0.313. The molecule has 0 aromatic carbocycles. The van der Waals surface area contributed by atoms with Gasteiger partial charge in [0.05, 0.1) is 0 Å². The third-order valence-corrected chi connectivity index (χ3v) is 2.70. The first kappa shape index (κ1) is 33.8. The molecule has 2 nitrogen and oxygen atoms in total. The predicted molar refractivity (Wildman–Crippen MR) is 53.9 cm³/mol. The van der Waals surface area contributed by atoms with E-state index in [2.05, 4.69) is 0 Å². The Morgan fingerprint density at radius 3 is 0.810 bits per heavy atom. The van der Waals surface area contributed by atoms with Crippen molar-refractivity contribution < 1.29 is 105 Å². The van der Waals surface area contributed by atoms with Gasteiger partial charge in [-0.2, -0.15) is 0 Å². The van der Waals surface area contributed by atoms with Crippen LogP contribution in [-0.4, -0.2) is 24.4 Å². The molecule has 0 spiro atoms. The Kier molecular flexibility index (Phi) is 26.0. The molecule has 0 aromatic rings. The molecule has 1 heterocycles. The summed E-state index contributed by atoms with van der Waals surface area (Å²) >= 11 is 0. The number of allylic oxidation sites excluding steroid dienone is 4. The van der Waals surface area contributed by atoms with Gasteiger partial charge >= 0.3 is 0 Å². The lowest BCUT2D eigenvalue weighted by Crippen LogP contribution is -3.00. The second kappa shape index (κ2) is 16.2. The lowest BCUT2D eigenvalue weighted by molar-refractivity contribution is -0.160. The molecule has 0 bridgehead atoms. The first-order chi connectivity index (χ1) is 6.93. The summed E-state index contributed by atoms with van der Waals surface area (Å²) in [7, 11) is 0. The van der Waals surface area contributed by atoms with E-state index in [1.807, 2.05) is 48.6 Å². The molecule has 0 aromatic heterocycles. The van der Waals surface area contributed by atoms with Gasteiger partial charge in [-0.25, -0.2) is 0 Å². The molecule has 2 aliphatic carbocycles. The topological polar surface area (TPSA) is 18.5 Å². The van der Waals surface area contributed by atoms with Gasteiger partial charge in [-0.3, -0.25) is 0 Å². The van der Waals surface area contributed by atoms with E-state index in [0.717, 1.165) is 0 Å². The van der Waals surface area contributed by atoms with Gasteiger partial charge in [-0.15, -0.1) is 0 Å². The molecular weight excluding hydrogens is 513 g/mol. The number of fused-ring (bicyclic) bond motifs is 2. The number of halogens is 7. The molecule has 3 aliphatic rings.